The number of carbonyl (C=O) groups excluding carboxylic acids is 1. The second-order valence-corrected chi connectivity index (χ2v) is 3.79. The van der Waals surface area contributed by atoms with Gasteiger partial charge in [0.1, 0.15) is 12.1 Å². The van der Waals surface area contributed by atoms with Gasteiger partial charge in [-0.05, 0) is 41.0 Å². The molecule has 0 spiro atoms. The number of hydrogen-bond donors (Lipinski definition) is 1. The highest BCUT2D eigenvalue weighted by atomic mass is 19.1. The van der Waals surface area contributed by atoms with Gasteiger partial charge in [0.05, 0.1) is 0 Å². The van der Waals surface area contributed by atoms with Crippen LogP contribution in [0.25, 0.3) is 11.1 Å². The van der Waals surface area contributed by atoms with Crippen molar-refractivity contribution in [2.45, 2.75) is 6.42 Å². The van der Waals surface area contributed by atoms with Crippen molar-refractivity contribution in [3.05, 3.63) is 53.8 Å². The molecule has 0 saturated heterocycles. The molecule has 0 radical (unpaired) electrons. The molecular weight excluding hydrogens is 217 g/mol. The smallest absolute Gasteiger partial charge is 0.124 e. The highest BCUT2D eigenvalue weighted by Crippen LogP contribution is 2.24. The molecule has 17 heavy (non-hydrogen) atoms. The third-order valence-corrected chi connectivity index (χ3v) is 2.60. The number of nitrogens with two attached hydrogens (primary N) is 1. The number of rotatable bonds is 3. The van der Waals surface area contributed by atoms with Crippen LogP contribution in [0.3, 0.4) is 0 Å². The van der Waals surface area contributed by atoms with Crippen LogP contribution in [0.2, 0.25) is 0 Å². The maximum absolute atomic E-state index is 13.1. The van der Waals surface area contributed by atoms with Gasteiger partial charge in [-0.15, -0.1) is 0 Å². The lowest BCUT2D eigenvalue weighted by molar-refractivity contribution is -0.107. The number of halogens is 1. The van der Waals surface area contributed by atoms with E-state index in [1.54, 1.807) is 12.1 Å². The van der Waals surface area contributed by atoms with Crippen molar-refractivity contribution in [3.63, 3.8) is 0 Å². The Balaban J connectivity index is 2.46. The summed E-state index contributed by atoms with van der Waals surface area (Å²) in [5, 5.41) is 0. The highest BCUT2D eigenvalue weighted by Gasteiger charge is 2.03. The monoisotopic (exact) mass is 229 g/mol. The van der Waals surface area contributed by atoms with E-state index >= 15 is 0 Å². The van der Waals surface area contributed by atoms with Crippen LogP contribution in [0.1, 0.15) is 5.56 Å². The minimum absolute atomic E-state index is 0.273. The fourth-order valence-electron chi connectivity index (χ4n) is 1.72. The molecule has 0 amide bonds. The Morgan fingerprint density at radius 1 is 1.12 bits per heavy atom. The molecule has 0 fully saturated rings. The van der Waals surface area contributed by atoms with E-state index in [0.717, 1.165) is 23.0 Å². The largest absolute Gasteiger partial charge is 0.398 e. The summed E-state index contributed by atoms with van der Waals surface area (Å²) in [6, 6.07) is 11.7. The topological polar surface area (TPSA) is 43.1 Å². The molecule has 0 aliphatic heterocycles. The molecule has 0 aliphatic carbocycles. The second-order valence-electron chi connectivity index (χ2n) is 3.79. The number of carbonyl (C=O) groups is 1. The first-order chi connectivity index (χ1) is 8.20. The SMILES string of the molecule is Nc1ccc(-c2cccc(F)c2)cc1CC=O. The fraction of sp³-hybridized carbons (Fsp3) is 0.0714. The van der Waals surface area contributed by atoms with Gasteiger partial charge in [0.25, 0.3) is 0 Å². The lowest BCUT2D eigenvalue weighted by Gasteiger charge is -2.06. The summed E-state index contributed by atoms with van der Waals surface area (Å²) >= 11 is 0. The minimum atomic E-state index is -0.281. The summed E-state index contributed by atoms with van der Waals surface area (Å²) in [5.74, 6) is -0.281. The predicted molar refractivity (Wildman–Crippen MR) is 66.0 cm³/mol. The average molecular weight is 229 g/mol. The van der Waals surface area contributed by atoms with Gasteiger partial charge in [0.15, 0.2) is 0 Å². The lowest BCUT2D eigenvalue weighted by Crippen LogP contribution is -1.95. The van der Waals surface area contributed by atoms with Crippen LogP contribution in [-0.4, -0.2) is 6.29 Å². The maximum Gasteiger partial charge on any atom is 0.124 e. The molecule has 0 atom stereocenters. The second kappa shape index (κ2) is 4.78. The predicted octanol–water partition coefficient (Wildman–Crippen LogP) is 2.82. The normalized spacial score (nSPS) is 10.2. The van der Waals surface area contributed by atoms with Crippen LogP contribution in [0.5, 0.6) is 0 Å². The zero-order valence-electron chi connectivity index (χ0n) is 9.19. The van der Waals surface area contributed by atoms with Crippen LogP contribution >= 0.6 is 0 Å². The summed E-state index contributed by atoms with van der Waals surface area (Å²) in [6.45, 7) is 0. The summed E-state index contributed by atoms with van der Waals surface area (Å²) in [7, 11) is 0. The van der Waals surface area contributed by atoms with Gasteiger partial charge in [-0.3, -0.25) is 0 Å². The molecule has 2 N–H and O–H groups in total. The summed E-state index contributed by atoms with van der Waals surface area (Å²) in [4.78, 5) is 10.5. The van der Waals surface area contributed by atoms with Gasteiger partial charge in [0, 0.05) is 12.1 Å². The van der Waals surface area contributed by atoms with Gasteiger partial charge in [-0.1, -0.05) is 18.2 Å². The van der Waals surface area contributed by atoms with Crippen LogP contribution < -0.4 is 5.73 Å². The molecule has 0 saturated carbocycles. The quantitative estimate of drug-likeness (QED) is 0.649. The molecule has 86 valence electrons. The Kier molecular flexibility index (Phi) is 3.19. The third kappa shape index (κ3) is 2.50. The number of benzene rings is 2. The Hall–Kier alpha value is -2.16. The van der Waals surface area contributed by atoms with Crippen molar-refractivity contribution in [2.75, 3.05) is 5.73 Å². The van der Waals surface area contributed by atoms with E-state index in [0.29, 0.717) is 5.69 Å². The molecule has 2 aromatic carbocycles. The number of nitrogen functional groups attached to an aromatic ring is 1. The van der Waals surface area contributed by atoms with Crippen LogP contribution in [0.15, 0.2) is 42.5 Å². The van der Waals surface area contributed by atoms with E-state index in [1.165, 1.54) is 12.1 Å². The van der Waals surface area contributed by atoms with E-state index in [2.05, 4.69) is 0 Å². The van der Waals surface area contributed by atoms with E-state index in [9.17, 15) is 9.18 Å². The van der Waals surface area contributed by atoms with E-state index in [1.807, 2.05) is 18.2 Å². The van der Waals surface area contributed by atoms with E-state index in [4.69, 9.17) is 5.73 Å². The Labute approximate surface area is 98.9 Å². The molecule has 0 bridgehead atoms. The first-order valence-corrected chi connectivity index (χ1v) is 5.28. The number of anilines is 1. The molecule has 0 aromatic heterocycles. The van der Waals surface area contributed by atoms with Gasteiger partial charge in [-0.2, -0.15) is 0 Å². The first-order valence-electron chi connectivity index (χ1n) is 5.28. The molecule has 2 nitrogen and oxygen atoms in total. The molecule has 0 aliphatic rings. The zero-order chi connectivity index (χ0) is 12.3. The van der Waals surface area contributed by atoms with Crippen LogP contribution in [-0.2, 0) is 11.2 Å². The van der Waals surface area contributed by atoms with Crippen molar-refractivity contribution in [1.82, 2.24) is 0 Å². The molecule has 0 heterocycles. The van der Waals surface area contributed by atoms with Gasteiger partial charge in [-0.25, -0.2) is 4.39 Å². The standard InChI is InChI=1S/C14H12FNO/c15-13-3-1-2-10(9-13)11-4-5-14(16)12(8-11)6-7-17/h1-5,7-9H,6,16H2. The van der Waals surface area contributed by atoms with Crippen LogP contribution in [0, 0.1) is 5.82 Å². The van der Waals surface area contributed by atoms with Crippen molar-refractivity contribution in [1.29, 1.82) is 0 Å². The molecular formula is C14H12FNO. The molecule has 2 rings (SSSR count). The number of hydrogen-bond acceptors (Lipinski definition) is 2. The molecule has 0 unspecified atom stereocenters. The van der Waals surface area contributed by atoms with Gasteiger partial charge >= 0.3 is 0 Å². The van der Waals surface area contributed by atoms with Crippen molar-refractivity contribution < 1.29 is 9.18 Å². The van der Waals surface area contributed by atoms with Gasteiger partial charge in [0.2, 0.25) is 0 Å². The number of aldehydes is 1. The summed E-state index contributed by atoms with van der Waals surface area (Å²) in [5.41, 5.74) is 8.73. The Morgan fingerprint density at radius 2 is 1.88 bits per heavy atom. The lowest BCUT2D eigenvalue weighted by atomic mass is 10.0. The first kappa shape index (κ1) is 11.3. The highest BCUT2D eigenvalue weighted by molar-refractivity contribution is 5.70. The zero-order valence-corrected chi connectivity index (χ0v) is 9.19. The minimum Gasteiger partial charge on any atom is -0.398 e. The van der Waals surface area contributed by atoms with Crippen LogP contribution in [0.4, 0.5) is 10.1 Å². The Morgan fingerprint density at radius 3 is 2.59 bits per heavy atom. The average Bonchev–Trinajstić information content (AvgIpc) is 2.32. The summed E-state index contributed by atoms with van der Waals surface area (Å²) < 4.78 is 13.1. The van der Waals surface area contributed by atoms with Crippen molar-refractivity contribution in [3.8, 4) is 11.1 Å². The maximum atomic E-state index is 13.1. The van der Waals surface area contributed by atoms with Gasteiger partial charge < -0.3 is 10.5 Å². The molecule has 3 heteroatoms. The van der Waals surface area contributed by atoms with E-state index in [-0.39, 0.29) is 12.2 Å². The van der Waals surface area contributed by atoms with E-state index < -0.39 is 0 Å². The molecule has 2 aromatic rings. The third-order valence-electron chi connectivity index (χ3n) is 2.60. The summed E-state index contributed by atoms with van der Waals surface area (Å²) in [6.07, 6.45) is 1.08. The van der Waals surface area contributed by atoms with Crippen molar-refractivity contribution >= 4 is 12.0 Å². The fourth-order valence-corrected chi connectivity index (χ4v) is 1.72. The Bertz CT molecular complexity index is 552. The van der Waals surface area contributed by atoms with Crippen molar-refractivity contribution in [2.24, 2.45) is 0 Å².